The van der Waals surface area contributed by atoms with Gasteiger partial charge in [-0.05, 0) is 44.2 Å². The third-order valence-corrected chi connectivity index (χ3v) is 3.93. The molecule has 0 atom stereocenters. The molecule has 0 saturated heterocycles. The minimum atomic E-state index is 0.171. The predicted octanol–water partition coefficient (Wildman–Crippen LogP) is 4.38. The number of hydrogen-bond acceptors (Lipinski definition) is 2. The van der Waals surface area contributed by atoms with Crippen molar-refractivity contribution in [2.24, 2.45) is 0 Å². The van der Waals surface area contributed by atoms with Crippen LogP contribution in [0.15, 0.2) is 46.9 Å². The first-order valence-corrected chi connectivity index (χ1v) is 7.78. The lowest BCUT2D eigenvalue weighted by Gasteiger charge is -2.17. The van der Waals surface area contributed by atoms with Gasteiger partial charge in [0.15, 0.2) is 5.78 Å². The van der Waals surface area contributed by atoms with E-state index in [2.05, 4.69) is 34.1 Å². The van der Waals surface area contributed by atoms with Crippen molar-refractivity contribution in [2.75, 3.05) is 13.6 Å². The monoisotopic (exact) mass is 345 g/mol. The van der Waals surface area contributed by atoms with E-state index in [1.165, 1.54) is 11.1 Å². The van der Waals surface area contributed by atoms with Crippen molar-refractivity contribution in [1.82, 2.24) is 4.90 Å². The Morgan fingerprint density at radius 3 is 2.57 bits per heavy atom. The van der Waals surface area contributed by atoms with Gasteiger partial charge in [0, 0.05) is 16.6 Å². The van der Waals surface area contributed by atoms with Gasteiger partial charge < -0.3 is 0 Å². The summed E-state index contributed by atoms with van der Waals surface area (Å²) in [7, 11) is 1.97. The molecule has 3 heteroatoms. The Morgan fingerprint density at radius 2 is 1.90 bits per heavy atom. The van der Waals surface area contributed by atoms with Crippen molar-refractivity contribution in [1.29, 1.82) is 0 Å². The van der Waals surface area contributed by atoms with Crippen LogP contribution in [0, 0.1) is 13.8 Å². The van der Waals surface area contributed by atoms with Gasteiger partial charge in [0.05, 0.1) is 6.54 Å². The first kappa shape index (κ1) is 15.9. The molecule has 0 saturated carbocycles. The molecular weight excluding hydrogens is 326 g/mol. The van der Waals surface area contributed by atoms with Crippen LogP contribution in [0.1, 0.15) is 27.0 Å². The molecule has 0 heterocycles. The van der Waals surface area contributed by atoms with Crippen LogP contribution in [-0.2, 0) is 6.54 Å². The Morgan fingerprint density at radius 1 is 1.14 bits per heavy atom. The number of halogens is 1. The smallest absolute Gasteiger partial charge is 0.177 e. The largest absolute Gasteiger partial charge is 0.295 e. The number of carbonyl (C=O) groups excluding carboxylic acids is 1. The molecule has 2 aromatic rings. The molecule has 0 radical (unpaired) electrons. The van der Waals surface area contributed by atoms with Gasteiger partial charge >= 0.3 is 0 Å². The van der Waals surface area contributed by atoms with E-state index in [1.54, 1.807) is 0 Å². The summed E-state index contributed by atoms with van der Waals surface area (Å²) in [6.45, 7) is 5.22. The average molecular weight is 346 g/mol. The number of ketones is 1. The molecule has 0 N–H and O–H groups in total. The highest BCUT2D eigenvalue weighted by Crippen LogP contribution is 2.14. The number of likely N-dealkylation sites (N-methyl/N-ethyl adjacent to an activating group) is 1. The second-order valence-electron chi connectivity index (χ2n) is 5.54. The van der Waals surface area contributed by atoms with E-state index in [9.17, 15) is 4.79 Å². The number of rotatable bonds is 5. The van der Waals surface area contributed by atoms with E-state index in [1.807, 2.05) is 50.1 Å². The summed E-state index contributed by atoms with van der Waals surface area (Å²) in [6, 6.07) is 14.2. The van der Waals surface area contributed by atoms with E-state index in [0.29, 0.717) is 6.54 Å². The molecule has 110 valence electrons. The minimum absolute atomic E-state index is 0.171. The Kier molecular flexibility index (Phi) is 5.32. The zero-order valence-corrected chi connectivity index (χ0v) is 14.3. The first-order valence-electron chi connectivity index (χ1n) is 6.99. The van der Waals surface area contributed by atoms with Gasteiger partial charge in [0.25, 0.3) is 0 Å². The van der Waals surface area contributed by atoms with Crippen molar-refractivity contribution in [3.8, 4) is 0 Å². The highest BCUT2D eigenvalue weighted by molar-refractivity contribution is 9.10. The number of benzene rings is 2. The van der Waals surface area contributed by atoms with Crippen LogP contribution >= 0.6 is 15.9 Å². The van der Waals surface area contributed by atoms with Gasteiger partial charge in [-0.3, -0.25) is 9.69 Å². The van der Waals surface area contributed by atoms with Crippen molar-refractivity contribution in [2.45, 2.75) is 20.4 Å². The SMILES string of the molecule is Cc1ccc(C(=O)CN(C)Cc2cccc(Br)c2)c(C)c1. The molecule has 2 aromatic carbocycles. The molecule has 0 aromatic heterocycles. The van der Waals surface area contributed by atoms with E-state index in [-0.39, 0.29) is 5.78 Å². The van der Waals surface area contributed by atoms with Crippen LogP contribution in [-0.4, -0.2) is 24.3 Å². The second-order valence-corrected chi connectivity index (χ2v) is 6.46. The van der Waals surface area contributed by atoms with Gasteiger partial charge in [-0.15, -0.1) is 0 Å². The molecular formula is C18H20BrNO. The number of hydrogen-bond donors (Lipinski definition) is 0. The zero-order valence-electron chi connectivity index (χ0n) is 12.7. The molecule has 0 bridgehead atoms. The van der Waals surface area contributed by atoms with Crippen molar-refractivity contribution >= 4 is 21.7 Å². The Labute approximate surface area is 134 Å². The molecule has 0 spiro atoms. The summed E-state index contributed by atoms with van der Waals surface area (Å²) in [6.07, 6.45) is 0. The van der Waals surface area contributed by atoms with Crippen LogP contribution in [0.4, 0.5) is 0 Å². The molecule has 0 amide bonds. The molecule has 2 rings (SSSR count). The Balaban J connectivity index is 2.02. The van der Waals surface area contributed by atoms with E-state index >= 15 is 0 Å². The van der Waals surface area contributed by atoms with Crippen molar-refractivity contribution in [3.05, 3.63) is 69.2 Å². The summed E-state index contributed by atoms with van der Waals surface area (Å²) in [5.41, 5.74) is 4.25. The molecule has 21 heavy (non-hydrogen) atoms. The van der Waals surface area contributed by atoms with Crippen LogP contribution in [0.2, 0.25) is 0 Å². The van der Waals surface area contributed by atoms with E-state index in [4.69, 9.17) is 0 Å². The maximum atomic E-state index is 12.4. The molecule has 0 aliphatic heterocycles. The minimum Gasteiger partial charge on any atom is -0.295 e. The fourth-order valence-corrected chi connectivity index (χ4v) is 2.91. The fourth-order valence-electron chi connectivity index (χ4n) is 2.46. The highest BCUT2D eigenvalue weighted by atomic mass is 79.9. The Hall–Kier alpha value is -1.45. The average Bonchev–Trinajstić information content (AvgIpc) is 2.38. The van der Waals surface area contributed by atoms with E-state index in [0.717, 1.165) is 22.1 Å². The fraction of sp³-hybridized carbons (Fsp3) is 0.278. The van der Waals surface area contributed by atoms with Crippen molar-refractivity contribution in [3.63, 3.8) is 0 Å². The maximum Gasteiger partial charge on any atom is 0.177 e. The van der Waals surface area contributed by atoms with Gasteiger partial charge in [0.1, 0.15) is 0 Å². The lowest BCUT2D eigenvalue weighted by Crippen LogP contribution is -2.26. The molecule has 0 unspecified atom stereocenters. The van der Waals surface area contributed by atoms with Gasteiger partial charge in [-0.1, -0.05) is 51.8 Å². The number of Topliss-reactive ketones (excluding diaryl/α,β-unsaturated/α-hetero) is 1. The van der Waals surface area contributed by atoms with Gasteiger partial charge in [-0.25, -0.2) is 0 Å². The zero-order chi connectivity index (χ0) is 15.4. The lowest BCUT2D eigenvalue weighted by molar-refractivity contribution is 0.0942. The quantitative estimate of drug-likeness (QED) is 0.749. The van der Waals surface area contributed by atoms with Gasteiger partial charge in [-0.2, -0.15) is 0 Å². The number of nitrogens with zero attached hydrogens (tertiary/aromatic N) is 1. The summed E-state index contributed by atoms with van der Waals surface area (Å²) < 4.78 is 1.06. The summed E-state index contributed by atoms with van der Waals surface area (Å²) in [4.78, 5) is 14.4. The van der Waals surface area contributed by atoms with E-state index < -0.39 is 0 Å². The Bertz CT molecular complexity index is 651. The van der Waals surface area contributed by atoms with Crippen molar-refractivity contribution < 1.29 is 4.79 Å². The van der Waals surface area contributed by atoms with Crippen LogP contribution in [0.5, 0.6) is 0 Å². The third-order valence-electron chi connectivity index (χ3n) is 3.44. The number of carbonyl (C=O) groups is 1. The predicted molar refractivity (Wildman–Crippen MR) is 90.7 cm³/mol. The van der Waals surface area contributed by atoms with Crippen LogP contribution < -0.4 is 0 Å². The van der Waals surface area contributed by atoms with Gasteiger partial charge in [0.2, 0.25) is 0 Å². The number of aryl methyl sites for hydroxylation is 2. The van der Waals surface area contributed by atoms with Crippen LogP contribution in [0.3, 0.4) is 0 Å². The topological polar surface area (TPSA) is 20.3 Å². The molecule has 0 aliphatic rings. The molecule has 2 nitrogen and oxygen atoms in total. The normalized spacial score (nSPS) is 10.9. The lowest BCUT2D eigenvalue weighted by atomic mass is 10.0. The summed E-state index contributed by atoms with van der Waals surface area (Å²) in [5.74, 6) is 0.171. The summed E-state index contributed by atoms with van der Waals surface area (Å²) in [5, 5.41) is 0. The third kappa shape index (κ3) is 4.51. The molecule has 0 fully saturated rings. The standard InChI is InChI=1S/C18H20BrNO/c1-13-7-8-17(14(2)9-13)18(21)12-20(3)11-15-5-4-6-16(19)10-15/h4-10H,11-12H2,1-3H3. The highest BCUT2D eigenvalue weighted by Gasteiger charge is 2.12. The molecule has 0 aliphatic carbocycles. The first-order chi connectivity index (χ1) is 9.95. The maximum absolute atomic E-state index is 12.4. The van der Waals surface area contributed by atoms with Crippen LogP contribution in [0.25, 0.3) is 0 Å². The second kappa shape index (κ2) is 7.01. The summed E-state index contributed by atoms with van der Waals surface area (Å²) >= 11 is 3.47.